The van der Waals surface area contributed by atoms with Crippen molar-refractivity contribution in [1.29, 1.82) is 0 Å². The number of carbonyl (C=O) groups is 4. The number of imide groups is 1. The van der Waals surface area contributed by atoms with E-state index in [1.165, 1.54) is 21.6 Å². The summed E-state index contributed by atoms with van der Waals surface area (Å²) in [5.74, 6) is -2.40. The first-order valence-corrected chi connectivity index (χ1v) is 18.8. The summed E-state index contributed by atoms with van der Waals surface area (Å²) in [5.41, 5.74) is -3.49. The Morgan fingerprint density at radius 1 is 0.632 bits per heavy atom. The maximum Gasteiger partial charge on any atom is 0.419 e. The van der Waals surface area contributed by atoms with E-state index in [0.29, 0.717) is 27.6 Å². The Kier molecular flexibility index (Phi) is 8.72. The van der Waals surface area contributed by atoms with Gasteiger partial charge in [0.25, 0.3) is 11.8 Å². The molecule has 6 aromatic rings. The summed E-state index contributed by atoms with van der Waals surface area (Å²) < 4.78 is 30.3. The molecule has 5 aromatic carbocycles. The van der Waals surface area contributed by atoms with Gasteiger partial charge in [0, 0.05) is 23.1 Å². The minimum absolute atomic E-state index is 0.0394. The third-order valence-electron chi connectivity index (χ3n) is 10.5. The summed E-state index contributed by atoms with van der Waals surface area (Å²) in [6.07, 6.45) is -2.27. The van der Waals surface area contributed by atoms with Gasteiger partial charge in [0.1, 0.15) is 22.6 Å². The second kappa shape index (κ2) is 13.3. The summed E-state index contributed by atoms with van der Waals surface area (Å²) in [6.45, 7) is 10.2. The Morgan fingerprint density at radius 2 is 1.12 bits per heavy atom. The molecule has 0 aliphatic carbocycles. The fourth-order valence-corrected chi connectivity index (χ4v) is 8.48. The van der Waals surface area contributed by atoms with Crippen LogP contribution in [-0.2, 0) is 31.8 Å². The zero-order chi connectivity index (χ0) is 40.5. The Morgan fingerprint density at radius 3 is 1.65 bits per heavy atom. The number of hydrogen-bond acceptors (Lipinski definition) is 6. The molecule has 0 radical (unpaired) electrons. The van der Waals surface area contributed by atoms with Crippen LogP contribution >= 0.6 is 0 Å². The number of anilines is 1. The number of para-hydroxylation sites is 2. The number of aromatic nitrogens is 1. The van der Waals surface area contributed by atoms with Crippen LogP contribution in [-0.4, -0.2) is 44.7 Å². The van der Waals surface area contributed by atoms with Crippen molar-refractivity contribution in [3.63, 3.8) is 0 Å². The predicted octanol–water partition coefficient (Wildman–Crippen LogP) is 9.73. The van der Waals surface area contributed by atoms with Crippen LogP contribution in [0.3, 0.4) is 0 Å². The van der Waals surface area contributed by atoms with Gasteiger partial charge in [-0.2, -0.15) is 0 Å². The van der Waals surface area contributed by atoms with Gasteiger partial charge in [-0.15, -0.1) is 0 Å². The minimum Gasteiger partial charge on any atom is -0.443 e. The van der Waals surface area contributed by atoms with Crippen LogP contribution in [0.4, 0.5) is 19.7 Å². The number of fused-ring (bicyclic) bond motifs is 5. The summed E-state index contributed by atoms with van der Waals surface area (Å²) in [4.78, 5) is 63.2. The van der Waals surface area contributed by atoms with E-state index in [1.54, 1.807) is 71.9 Å². The number of rotatable bonds is 4. The number of halogens is 1. The molecule has 10 heteroatoms. The van der Waals surface area contributed by atoms with Gasteiger partial charge in [0.05, 0.1) is 16.8 Å². The van der Waals surface area contributed by atoms with Crippen molar-refractivity contribution in [3.05, 3.63) is 173 Å². The van der Waals surface area contributed by atoms with Crippen molar-refractivity contribution < 1.29 is 33.0 Å². The quantitative estimate of drug-likeness (QED) is 0.166. The van der Waals surface area contributed by atoms with Crippen LogP contribution in [0, 0.1) is 5.82 Å². The lowest BCUT2D eigenvalue weighted by Crippen LogP contribution is -2.64. The largest absolute Gasteiger partial charge is 0.443 e. The predicted molar refractivity (Wildman–Crippen MR) is 214 cm³/mol. The van der Waals surface area contributed by atoms with Crippen molar-refractivity contribution in [3.8, 4) is 0 Å². The molecule has 2 aliphatic rings. The van der Waals surface area contributed by atoms with E-state index < -0.39 is 58.5 Å². The molecule has 9 nitrogen and oxygen atoms in total. The lowest BCUT2D eigenvalue weighted by atomic mass is 9.75. The molecule has 3 amide bonds. The van der Waals surface area contributed by atoms with E-state index in [9.17, 15) is 9.59 Å². The molecule has 0 saturated heterocycles. The molecule has 0 unspecified atom stereocenters. The SMILES string of the molecule is CC(C)(C)OC(=O)N1C(=O)c2c(n(C(=O)OC(C)(C)C)c3ccccc23)C[C@]12C(=O)N(C(c1ccccc1)(c1ccccc1)c1ccccc1)c1c(F)cccc12. The third kappa shape index (κ3) is 5.73. The van der Waals surface area contributed by atoms with Crippen LogP contribution in [0.15, 0.2) is 133 Å². The average molecular weight is 764 g/mol. The molecule has 57 heavy (non-hydrogen) atoms. The van der Waals surface area contributed by atoms with Gasteiger partial charge in [0.15, 0.2) is 5.54 Å². The number of benzene rings is 5. The van der Waals surface area contributed by atoms with Gasteiger partial charge >= 0.3 is 12.2 Å². The molecular weight excluding hydrogens is 722 g/mol. The normalized spacial score (nSPS) is 16.8. The van der Waals surface area contributed by atoms with Gasteiger partial charge in [-0.3, -0.25) is 14.5 Å². The van der Waals surface area contributed by atoms with Crippen molar-refractivity contribution in [1.82, 2.24) is 9.47 Å². The Hall–Kier alpha value is -6.55. The molecule has 1 atom stereocenters. The summed E-state index contributed by atoms with van der Waals surface area (Å²) in [5, 5.41) is 0.376. The van der Waals surface area contributed by atoms with E-state index in [-0.39, 0.29) is 22.5 Å². The van der Waals surface area contributed by atoms with E-state index in [2.05, 4.69) is 0 Å². The summed E-state index contributed by atoms with van der Waals surface area (Å²) in [6, 6.07) is 38.9. The number of amides is 3. The van der Waals surface area contributed by atoms with Gasteiger partial charge in [0.2, 0.25) is 0 Å². The monoisotopic (exact) mass is 763 g/mol. The fourth-order valence-electron chi connectivity index (χ4n) is 8.48. The average Bonchev–Trinajstić information content (AvgIpc) is 3.62. The van der Waals surface area contributed by atoms with Crippen LogP contribution in [0.2, 0.25) is 0 Å². The number of ether oxygens (including phenoxy) is 2. The van der Waals surface area contributed by atoms with Crippen LogP contribution in [0.25, 0.3) is 10.9 Å². The standard InChI is InChI=1S/C47H42FN3O6/c1-44(2,3)56-42(54)49-36-28-17-16-25-33(36)38-37(49)29-46(51(40(38)52)43(55)57-45(4,5)6)34-26-18-27-35(48)39(34)50(41(46)53)47(30-19-10-7-11-20-30,31-21-12-8-13-22-31)32-23-14-9-15-24-32/h7-28H,29H2,1-6H3/t46-/m0/s1. The fraction of sp³-hybridized carbons (Fsp3) is 0.234. The molecule has 0 N–H and O–H groups in total. The lowest BCUT2D eigenvalue weighted by Gasteiger charge is -2.46. The first-order valence-electron chi connectivity index (χ1n) is 18.8. The van der Waals surface area contributed by atoms with E-state index in [1.807, 2.05) is 91.0 Å². The summed E-state index contributed by atoms with van der Waals surface area (Å²) in [7, 11) is 0. The number of nitrogens with zero attached hydrogens (tertiary/aromatic N) is 3. The van der Waals surface area contributed by atoms with Crippen LogP contribution < -0.4 is 4.90 Å². The maximum atomic E-state index is 17.2. The second-order valence-electron chi connectivity index (χ2n) is 16.4. The Bertz CT molecular complexity index is 2480. The zero-order valence-corrected chi connectivity index (χ0v) is 32.6. The van der Waals surface area contributed by atoms with Crippen LogP contribution in [0.5, 0.6) is 0 Å². The molecule has 0 bridgehead atoms. The molecule has 0 saturated carbocycles. The topological polar surface area (TPSA) is 98.1 Å². The van der Waals surface area contributed by atoms with Crippen molar-refractivity contribution in [2.45, 2.75) is 70.2 Å². The maximum absolute atomic E-state index is 17.2. The van der Waals surface area contributed by atoms with Crippen LogP contribution in [0.1, 0.15) is 79.8 Å². The highest BCUT2D eigenvalue weighted by Gasteiger charge is 2.67. The van der Waals surface area contributed by atoms with Gasteiger partial charge in [-0.25, -0.2) is 23.4 Å². The number of hydrogen-bond donors (Lipinski definition) is 0. The second-order valence-corrected chi connectivity index (χ2v) is 16.4. The Labute approximate surface area is 330 Å². The first kappa shape index (κ1) is 37.4. The molecule has 288 valence electrons. The van der Waals surface area contributed by atoms with Gasteiger partial charge in [-0.05, 0) is 70.4 Å². The molecule has 1 spiro atoms. The first-order chi connectivity index (χ1) is 27.1. The smallest absolute Gasteiger partial charge is 0.419 e. The zero-order valence-electron chi connectivity index (χ0n) is 32.6. The van der Waals surface area contributed by atoms with E-state index in [0.717, 1.165) is 4.90 Å². The molecule has 3 heterocycles. The number of carbonyl (C=O) groups excluding carboxylic acids is 4. The molecule has 8 rings (SSSR count). The molecular formula is C47H42FN3O6. The lowest BCUT2D eigenvalue weighted by molar-refractivity contribution is -0.130. The van der Waals surface area contributed by atoms with Gasteiger partial charge in [-0.1, -0.05) is 121 Å². The minimum atomic E-state index is -2.25. The van der Waals surface area contributed by atoms with Gasteiger partial charge < -0.3 is 9.47 Å². The molecule has 2 aliphatic heterocycles. The molecule has 0 fully saturated rings. The highest BCUT2D eigenvalue weighted by molar-refractivity contribution is 6.21. The van der Waals surface area contributed by atoms with Crippen molar-refractivity contribution in [2.24, 2.45) is 0 Å². The molecule has 1 aromatic heterocycles. The summed E-state index contributed by atoms with van der Waals surface area (Å²) >= 11 is 0. The van der Waals surface area contributed by atoms with E-state index >= 15 is 14.0 Å². The van der Waals surface area contributed by atoms with Crippen molar-refractivity contribution >= 4 is 40.6 Å². The van der Waals surface area contributed by atoms with E-state index in [4.69, 9.17) is 9.47 Å². The highest BCUT2D eigenvalue weighted by Crippen LogP contribution is 2.57. The Balaban J connectivity index is 1.51. The van der Waals surface area contributed by atoms with Crippen molar-refractivity contribution in [2.75, 3.05) is 4.90 Å². The third-order valence-corrected chi connectivity index (χ3v) is 10.5. The highest BCUT2D eigenvalue weighted by atomic mass is 19.1.